The van der Waals surface area contributed by atoms with Crippen molar-refractivity contribution in [2.24, 2.45) is 10.2 Å². The number of aromatic hydroxyl groups is 1. The van der Waals surface area contributed by atoms with Gasteiger partial charge in [-0.05, 0) is 40.2 Å². The summed E-state index contributed by atoms with van der Waals surface area (Å²) in [6.07, 6.45) is 0. The van der Waals surface area contributed by atoms with Crippen molar-refractivity contribution >= 4 is 54.1 Å². The molecule has 1 heterocycles. The maximum atomic E-state index is 9.98. The molecule has 100 valence electrons. The number of hydrogen-bond acceptors (Lipinski definition) is 3. The number of halogens is 2. The zero-order valence-corrected chi connectivity index (χ0v) is 13.3. The molecule has 20 heavy (non-hydrogen) atoms. The first-order valence-corrected chi connectivity index (χ1v) is 7.40. The Morgan fingerprint density at radius 3 is 2.50 bits per heavy atom. The lowest BCUT2D eigenvalue weighted by atomic mass is 10.2. The molecule has 0 amide bonds. The van der Waals surface area contributed by atoms with Crippen molar-refractivity contribution in [1.82, 2.24) is 4.98 Å². The number of rotatable bonds is 2. The minimum absolute atomic E-state index is 0.00141. The summed E-state index contributed by atoms with van der Waals surface area (Å²) >= 11 is 6.87. The van der Waals surface area contributed by atoms with Gasteiger partial charge in [-0.3, -0.25) is 0 Å². The van der Waals surface area contributed by atoms with Crippen LogP contribution in [0.3, 0.4) is 0 Å². The Morgan fingerprint density at radius 2 is 1.75 bits per heavy atom. The van der Waals surface area contributed by atoms with Crippen LogP contribution in [0.25, 0.3) is 10.9 Å². The fourth-order valence-corrected chi connectivity index (χ4v) is 3.22. The van der Waals surface area contributed by atoms with E-state index in [0.29, 0.717) is 5.69 Å². The van der Waals surface area contributed by atoms with Crippen molar-refractivity contribution in [3.63, 3.8) is 0 Å². The van der Waals surface area contributed by atoms with Gasteiger partial charge in [-0.25, -0.2) is 0 Å². The highest BCUT2D eigenvalue weighted by atomic mass is 79.9. The van der Waals surface area contributed by atoms with E-state index in [4.69, 9.17) is 0 Å². The molecule has 0 spiro atoms. The lowest BCUT2D eigenvalue weighted by Gasteiger charge is -1.96. The maximum absolute atomic E-state index is 9.98. The van der Waals surface area contributed by atoms with E-state index in [1.165, 1.54) is 0 Å². The molecule has 6 heteroatoms. The van der Waals surface area contributed by atoms with Gasteiger partial charge in [-0.1, -0.05) is 34.1 Å². The van der Waals surface area contributed by atoms with Gasteiger partial charge in [0.2, 0.25) is 5.88 Å². The van der Waals surface area contributed by atoms with Crippen LogP contribution < -0.4 is 0 Å². The number of nitrogens with zero attached hydrogens (tertiary/aromatic N) is 2. The summed E-state index contributed by atoms with van der Waals surface area (Å²) in [6.45, 7) is 0. The molecule has 0 atom stereocenters. The zero-order chi connectivity index (χ0) is 14.1. The Hall–Kier alpha value is -1.66. The van der Waals surface area contributed by atoms with Gasteiger partial charge in [0.1, 0.15) is 0 Å². The first-order chi connectivity index (χ1) is 9.65. The van der Waals surface area contributed by atoms with E-state index in [9.17, 15) is 5.11 Å². The minimum atomic E-state index is -0.00141. The highest BCUT2D eigenvalue weighted by Crippen LogP contribution is 2.40. The Labute approximate surface area is 131 Å². The van der Waals surface area contributed by atoms with Crippen molar-refractivity contribution < 1.29 is 5.11 Å². The first-order valence-electron chi connectivity index (χ1n) is 5.81. The summed E-state index contributed by atoms with van der Waals surface area (Å²) in [6, 6.07) is 13.2. The molecule has 2 N–H and O–H groups in total. The molecule has 2 aromatic carbocycles. The molecule has 0 unspecified atom stereocenters. The van der Waals surface area contributed by atoms with E-state index in [2.05, 4.69) is 47.1 Å². The molecular formula is C14H9Br2N3O. The summed E-state index contributed by atoms with van der Waals surface area (Å²) in [4.78, 5) is 2.89. The Bertz CT molecular complexity index is 797. The van der Waals surface area contributed by atoms with Crippen LogP contribution in [0.5, 0.6) is 5.88 Å². The van der Waals surface area contributed by atoms with Crippen LogP contribution in [0.4, 0.5) is 11.4 Å². The standard InChI is InChI=1S/C14H9Br2N3O/c15-8-6-10-12(11(16)7-8)17-14(20)13(10)19-18-9-4-2-1-3-5-9/h1-7,17,20H. The molecule has 0 bridgehead atoms. The Balaban J connectivity index is 2.12. The van der Waals surface area contributed by atoms with Crippen molar-refractivity contribution in [3.05, 3.63) is 51.4 Å². The zero-order valence-electron chi connectivity index (χ0n) is 10.1. The molecule has 0 aliphatic heterocycles. The molecule has 0 aliphatic rings. The summed E-state index contributed by atoms with van der Waals surface area (Å²) in [5, 5.41) is 19.1. The van der Waals surface area contributed by atoms with Crippen LogP contribution >= 0.6 is 31.9 Å². The van der Waals surface area contributed by atoms with Gasteiger partial charge in [0.25, 0.3) is 0 Å². The maximum Gasteiger partial charge on any atom is 0.218 e. The van der Waals surface area contributed by atoms with E-state index >= 15 is 0 Å². The second-order valence-corrected chi connectivity index (χ2v) is 5.94. The smallest absolute Gasteiger partial charge is 0.218 e. The number of hydrogen-bond donors (Lipinski definition) is 2. The number of nitrogens with one attached hydrogen (secondary N) is 1. The minimum Gasteiger partial charge on any atom is -0.493 e. The lowest BCUT2D eigenvalue weighted by Crippen LogP contribution is -1.72. The van der Waals surface area contributed by atoms with Crippen molar-refractivity contribution in [1.29, 1.82) is 0 Å². The summed E-state index contributed by atoms with van der Waals surface area (Å²) in [5.74, 6) is -0.00141. The molecular weight excluding hydrogens is 386 g/mol. The fourth-order valence-electron chi connectivity index (χ4n) is 1.90. The van der Waals surface area contributed by atoms with E-state index in [1.54, 1.807) is 0 Å². The van der Waals surface area contributed by atoms with Gasteiger partial charge in [-0.2, -0.15) is 5.11 Å². The number of aromatic amines is 1. The molecule has 0 aliphatic carbocycles. The van der Waals surface area contributed by atoms with Gasteiger partial charge >= 0.3 is 0 Å². The van der Waals surface area contributed by atoms with Gasteiger partial charge < -0.3 is 10.1 Å². The first kappa shape index (κ1) is 13.3. The molecule has 3 aromatic rings. The van der Waals surface area contributed by atoms with Gasteiger partial charge in [-0.15, -0.1) is 5.11 Å². The average molecular weight is 395 g/mol. The summed E-state index contributed by atoms with van der Waals surface area (Å²) in [7, 11) is 0. The number of fused-ring (bicyclic) bond motifs is 1. The second kappa shape index (κ2) is 5.38. The average Bonchev–Trinajstić information content (AvgIpc) is 2.74. The number of benzene rings is 2. The van der Waals surface area contributed by atoms with Crippen molar-refractivity contribution in [3.8, 4) is 5.88 Å². The van der Waals surface area contributed by atoms with Crippen LogP contribution in [-0.4, -0.2) is 10.1 Å². The molecule has 1 aromatic heterocycles. The fraction of sp³-hybridized carbons (Fsp3) is 0. The quantitative estimate of drug-likeness (QED) is 0.529. The highest BCUT2D eigenvalue weighted by molar-refractivity contribution is 9.11. The summed E-state index contributed by atoms with van der Waals surface area (Å²) in [5.41, 5.74) is 1.94. The largest absolute Gasteiger partial charge is 0.493 e. The van der Waals surface area contributed by atoms with Crippen LogP contribution in [-0.2, 0) is 0 Å². The lowest BCUT2D eigenvalue weighted by molar-refractivity contribution is 0.459. The van der Waals surface area contributed by atoms with Crippen LogP contribution in [0, 0.1) is 0 Å². The number of azo groups is 1. The van der Waals surface area contributed by atoms with Gasteiger partial charge in [0, 0.05) is 14.3 Å². The van der Waals surface area contributed by atoms with Crippen LogP contribution in [0.15, 0.2) is 61.6 Å². The van der Waals surface area contributed by atoms with Gasteiger partial charge in [0.05, 0.1) is 11.2 Å². The Kier molecular flexibility index (Phi) is 3.58. The molecule has 0 saturated carbocycles. The molecule has 3 rings (SSSR count). The third-order valence-corrected chi connectivity index (χ3v) is 3.88. The second-order valence-electron chi connectivity index (χ2n) is 4.17. The van der Waals surface area contributed by atoms with Crippen molar-refractivity contribution in [2.75, 3.05) is 0 Å². The third-order valence-electron chi connectivity index (χ3n) is 2.80. The molecule has 0 fully saturated rings. The molecule has 0 radical (unpaired) electrons. The molecule has 4 nitrogen and oxygen atoms in total. The molecule has 0 saturated heterocycles. The predicted molar refractivity (Wildman–Crippen MR) is 86.0 cm³/mol. The van der Waals surface area contributed by atoms with Crippen LogP contribution in [0.2, 0.25) is 0 Å². The number of H-pyrrole nitrogens is 1. The predicted octanol–water partition coefficient (Wildman–Crippen LogP) is 5.81. The Morgan fingerprint density at radius 1 is 1.00 bits per heavy atom. The van der Waals surface area contributed by atoms with E-state index < -0.39 is 0 Å². The summed E-state index contributed by atoms with van der Waals surface area (Å²) < 4.78 is 1.74. The number of aromatic nitrogens is 1. The third kappa shape index (κ3) is 2.48. The van der Waals surface area contributed by atoms with Crippen LogP contribution in [0.1, 0.15) is 0 Å². The van der Waals surface area contributed by atoms with Gasteiger partial charge in [0.15, 0.2) is 5.69 Å². The SMILES string of the molecule is Oc1[nH]c2c(Br)cc(Br)cc2c1N=Nc1ccccc1. The monoisotopic (exact) mass is 393 g/mol. The van der Waals surface area contributed by atoms with E-state index in [-0.39, 0.29) is 5.88 Å². The topological polar surface area (TPSA) is 60.7 Å². The van der Waals surface area contributed by atoms with E-state index in [0.717, 1.165) is 25.5 Å². The van der Waals surface area contributed by atoms with E-state index in [1.807, 2.05) is 42.5 Å². The normalized spacial score (nSPS) is 11.5. The van der Waals surface area contributed by atoms with Crippen molar-refractivity contribution in [2.45, 2.75) is 0 Å². The highest BCUT2D eigenvalue weighted by Gasteiger charge is 2.13.